The molecule has 4 nitrogen and oxygen atoms in total. The van der Waals surface area contributed by atoms with Gasteiger partial charge in [0.05, 0.1) is 12.7 Å². The number of fused-ring (bicyclic) bond motifs is 1. The summed E-state index contributed by atoms with van der Waals surface area (Å²) >= 11 is 0. The van der Waals surface area contributed by atoms with Crippen LogP contribution in [-0.4, -0.2) is 37.5 Å². The third kappa shape index (κ3) is 5.69. The van der Waals surface area contributed by atoms with Crippen molar-refractivity contribution < 1.29 is 9.21 Å². The molecule has 142 valence electrons. The maximum Gasteiger partial charge on any atom is 0.224 e. The summed E-state index contributed by atoms with van der Waals surface area (Å²) in [5, 5.41) is 3.61. The Labute approximate surface area is 161 Å². The van der Waals surface area contributed by atoms with E-state index in [0.717, 1.165) is 16.5 Å². The second-order valence-electron chi connectivity index (χ2n) is 6.88. The number of benzene rings is 2. The highest BCUT2D eigenvalue weighted by molar-refractivity contribution is 5.87. The number of rotatable bonds is 5. The van der Waals surface area contributed by atoms with E-state index in [1.807, 2.05) is 24.3 Å². The van der Waals surface area contributed by atoms with Crippen LogP contribution in [0, 0.1) is 0 Å². The first-order valence-corrected chi connectivity index (χ1v) is 9.68. The lowest BCUT2D eigenvalue weighted by Gasteiger charge is -2.13. The Morgan fingerprint density at radius 1 is 1.04 bits per heavy atom. The zero-order valence-electron chi connectivity index (χ0n) is 16.0. The molecule has 0 saturated carbocycles. The molecule has 1 fully saturated rings. The third-order valence-electron chi connectivity index (χ3n) is 4.97. The van der Waals surface area contributed by atoms with Crippen molar-refractivity contribution in [1.82, 2.24) is 10.2 Å². The molecule has 3 aromatic rings. The van der Waals surface area contributed by atoms with Gasteiger partial charge >= 0.3 is 0 Å². The minimum absolute atomic E-state index is 0.0127. The number of likely N-dealkylation sites (tertiary alicyclic amines) is 1. The van der Waals surface area contributed by atoms with Crippen molar-refractivity contribution in [3.05, 3.63) is 72.0 Å². The second kappa shape index (κ2) is 9.93. The molecule has 4 rings (SSSR count). The first kappa shape index (κ1) is 19.2. The topological polar surface area (TPSA) is 45.5 Å². The third-order valence-corrected chi connectivity index (χ3v) is 4.97. The van der Waals surface area contributed by atoms with Gasteiger partial charge in [0.2, 0.25) is 5.91 Å². The predicted octanol–water partition coefficient (Wildman–Crippen LogP) is 4.05. The number of hydrogen-bond acceptors (Lipinski definition) is 3. The summed E-state index contributed by atoms with van der Waals surface area (Å²) in [5.41, 5.74) is 3.29. The monoisotopic (exact) mass is 364 g/mol. The van der Waals surface area contributed by atoms with Gasteiger partial charge in [-0.3, -0.25) is 4.79 Å². The molecule has 0 atom stereocenters. The Hall–Kier alpha value is -2.59. The first-order valence-electron chi connectivity index (χ1n) is 9.68. The quantitative estimate of drug-likeness (QED) is 0.743. The van der Waals surface area contributed by atoms with Crippen LogP contribution < -0.4 is 5.32 Å². The molecule has 1 amide bonds. The molecule has 2 heterocycles. The summed E-state index contributed by atoms with van der Waals surface area (Å²) in [5.74, 6) is 0.0127. The number of amides is 1. The van der Waals surface area contributed by atoms with Crippen LogP contribution in [0.1, 0.15) is 24.0 Å². The van der Waals surface area contributed by atoms with Gasteiger partial charge in [-0.05, 0) is 55.6 Å². The molecule has 0 aliphatic carbocycles. The van der Waals surface area contributed by atoms with Gasteiger partial charge in [-0.2, -0.15) is 0 Å². The van der Waals surface area contributed by atoms with E-state index in [9.17, 15) is 4.79 Å². The maximum absolute atomic E-state index is 11.2. The van der Waals surface area contributed by atoms with Crippen molar-refractivity contribution in [1.29, 1.82) is 0 Å². The van der Waals surface area contributed by atoms with E-state index in [0.29, 0.717) is 6.42 Å². The van der Waals surface area contributed by atoms with Crippen LogP contribution in [0.4, 0.5) is 0 Å². The van der Waals surface area contributed by atoms with E-state index >= 15 is 0 Å². The van der Waals surface area contributed by atoms with Crippen LogP contribution in [0.25, 0.3) is 11.0 Å². The Balaban J connectivity index is 0.000000156. The smallest absolute Gasteiger partial charge is 0.224 e. The Kier molecular flexibility index (Phi) is 7.05. The van der Waals surface area contributed by atoms with Crippen molar-refractivity contribution in [3.63, 3.8) is 0 Å². The van der Waals surface area contributed by atoms with Gasteiger partial charge in [0.15, 0.2) is 0 Å². The lowest BCUT2D eigenvalue weighted by atomic mass is 10.1. The molecule has 0 spiro atoms. The number of nitrogens with one attached hydrogen (secondary N) is 1. The fraction of sp³-hybridized carbons (Fsp3) is 0.348. The van der Waals surface area contributed by atoms with Crippen LogP contribution >= 0.6 is 0 Å². The minimum atomic E-state index is 0.0127. The molecule has 1 aliphatic rings. The van der Waals surface area contributed by atoms with Crippen LogP contribution in [0.2, 0.25) is 0 Å². The van der Waals surface area contributed by atoms with Crippen molar-refractivity contribution in [2.45, 2.75) is 25.7 Å². The van der Waals surface area contributed by atoms with Gasteiger partial charge in [0.1, 0.15) is 5.58 Å². The van der Waals surface area contributed by atoms with E-state index in [2.05, 4.69) is 40.5 Å². The maximum atomic E-state index is 11.2. The Morgan fingerprint density at radius 3 is 2.56 bits per heavy atom. The molecule has 0 unspecified atom stereocenters. The average Bonchev–Trinajstić information content (AvgIpc) is 3.40. The zero-order valence-corrected chi connectivity index (χ0v) is 16.0. The van der Waals surface area contributed by atoms with Crippen molar-refractivity contribution in [2.24, 2.45) is 0 Å². The first-order chi connectivity index (χ1) is 13.3. The van der Waals surface area contributed by atoms with Gasteiger partial charge in [0.25, 0.3) is 0 Å². The highest BCUT2D eigenvalue weighted by Crippen LogP contribution is 2.20. The minimum Gasteiger partial charge on any atom is -0.464 e. The van der Waals surface area contributed by atoms with Crippen LogP contribution in [0.3, 0.4) is 0 Å². The number of hydrogen-bond donors (Lipinski definition) is 1. The Bertz CT molecular complexity index is 836. The average molecular weight is 364 g/mol. The molecule has 0 bridgehead atoms. The van der Waals surface area contributed by atoms with E-state index < -0.39 is 0 Å². The molecular formula is C23H28N2O2. The fourth-order valence-corrected chi connectivity index (χ4v) is 3.41. The molecule has 4 heteroatoms. The molecule has 1 N–H and O–H groups in total. The summed E-state index contributed by atoms with van der Waals surface area (Å²) in [4.78, 5) is 13.8. The van der Waals surface area contributed by atoms with Crippen molar-refractivity contribution >= 4 is 16.9 Å². The molecule has 1 aromatic heterocycles. The lowest BCUT2D eigenvalue weighted by Crippen LogP contribution is -2.21. The van der Waals surface area contributed by atoms with Crippen LogP contribution in [0.5, 0.6) is 0 Å². The Morgan fingerprint density at radius 2 is 1.81 bits per heavy atom. The highest BCUT2D eigenvalue weighted by Gasteiger charge is 2.10. The zero-order chi connectivity index (χ0) is 18.9. The summed E-state index contributed by atoms with van der Waals surface area (Å²) in [6.07, 6.45) is 6.04. The van der Waals surface area contributed by atoms with Gasteiger partial charge < -0.3 is 14.6 Å². The summed E-state index contributed by atoms with van der Waals surface area (Å²) in [6, 6.07) is 18.4. The molecule has 0 radical (unpaired) electrons. The standard InChI is InChI=1S/C12H17N.C11H11NO2/c1-2-6-12(7-3-1)8-11-13-9-4-5-10-13;1-12-11(13)7-8-3-2-4-10-9(8)5-6-14-10/h1-3,6-7H,4-5,8-11H2;2-6H,7H2,1H3,(H,12,13). The van der Waals surface area contributed by atoms with Gasteiger partial charge in [-0.1, -0.05) is 42.5 Å². The molecule has 1 saturated heterocycles. The number of nitrogens with zero attached hydrogens (tertiary/aromatic N) is 1. The number of furan rings is 1. The second-order valence-corrected chi connectivity index (χ2v) is 6.88. The molecular weight excluding hydrogens is 336 g/mol. The predicted molar refractivity (Wildman–Crippen MR) is 110 cm³/mol. The van der Waals surface area contributed by atoms with E-state index in [1.165, 1.54) is 44.5 Å². The van der Waals surface area contributed by atoms with Crippen molar-refractivity contribution in [3.8, 4) is 0 Å². The van der Waals surface area contributed by atoms with Gasteiger partial charge in [0, 0.05) is 19.0 Å². The number of carbonyl (C=O) groups is 1. The number of likely N-dealkylation sites (N-methyl/N-ethyl adjacent to an activating group) is 1. The SMILES string of the molecule is CNC(=O)Cc1cccc2occc12.c1ccc(CCN2CCCC2)cc1. The van der Waals surface area contributed by atoms with E-state index in [1.54, 1.807) is 13.3 Å². The normalized spacial score (nSPS) is 14.0. The number of carbonyl (C=O) groups excluding carboxylic acids is 1. The molecule has 27 heavy (non-hydrogen) atoms. The molecule has 1 aliphatic heterocycles. The van der Waals surface area contributed by atoms with Crippen LogP contribution in [-0.2, 0) is 17.6 Å². The van der Waals surface area contributed by atoms with Crippen molar-refractivity contribution in [2.75, 3.05) is 26.7 Å². The van der Waals surface area contributed by atoms with Gasteiger partial charge in [-0.25, -0.2) is 0 Å². The largest absolute Gasteiger partial charge is 0.464 e. The lowest BCUT2D eigenvalue weighted by molar-refractivity contribution is -0.119. The molecule has 2 aromatic carbocycles. The van der Waals surface area contributed by atoms with Crippen LogP contribution in [0.15, 0.2) is 65.3 Å². The fourth-order valence-electron chi connectivity index (χ4n) is 3.41. The summed E-state index contributed by atoms with van der Waals surface area (Å²) in [6.45, 7) is 3.86. The summed E-state index contributed by atoms with van der Waals surface area (Å²) < 4.78 is 5.24. The van der Waals surface area contributed by atoms with E-state index in [-0.39, 0.29) is 5.91 Å². The highest BCUT2D eigenvalue weighted by atomic mass is 16.3. The van der Waals surface area contributed by atoms with E-state index in [4.69, 9.17) is 4.42 Å². The van der Waals surface area contributed by atoms with Gasteiger partial charge in [-0.15, -0.1) is 0 Å². The summed E-state index contributed by atoms with van der Waals surface area (Å²) in [7, 11) is 1.64.